The number of amides is 1. The molecule has 15 heavy (non-hydrogen) atoms. The molecule has 0 heterocycles. The largest absolute Gasteiger partial charge is 0.340 e. The standard InChI is InChI=1S/C11H21N3O/c1-5-14(7-9(4)6-12)11(15)10(13)8(2)3/h8-10H,5,7,13H2,1-4H3/t9?,10-/m0/s1. The molecule has 86 valence electrons. The van der Waals surface area contributed by atoms with Gasteiger partial charge in [0.05, 0.1) is 18.0 Å². The van der Waals surface area contributed by atoms with Gasteiger partial charge in [-0.25, -0.2) is 0 Å². The highest BCUT2D eigenvalue weighted by atomic mass is 16.2. The Kier molecular flexibility index (Phi) is 5.95. The zero-order valence-corrected chi connectivity index (χ0v) is 10.0. The van der Waals surface area contributed by atoms with Crippen molar-refractivity contribution in [3.05, 3.63) is 0 Å². The minimum Gasteiger partial charge on any atom is -0.340 e. The molecule has 0 aromatic heterocycles. The highest BCUT2D eigenvalue weighted by molar-refractivity contribution is 5.81. The SMILES string of the molecule is CCN(CC(C)C#N)C(=O)[C@@H](N)C(C)C. The predicted molar refractivity (Wildman–Crippen MR) is 59.8 cm³/mol. The van der Waals surface area contributed by atoms with Crippen LogP contribution in [0.25, 0.3) is 0 Å². The molecule has 0 bridgehead atoms. The number of carbonyl (C=O) groups is 1. The van der Waals surface area contributed by atoms with Crippen LogP contribution in [0.1, 0.15) is 27.7 Å². The number of nitriles is 1. The van der Waals surface area contributed by atoms with Crippen molar-refractivity contribution in [1.29, 1.82) is 5.26 Å². The fourth-order valence-corrected chi connectivity index (χ4v) is 1.24. The molecule has 0 aliphatic rings. The zero-order valence-electron chi connectivity index (χ0n) is 10.0. The summed E-state index contributed by atoms with van der Waals surface area (Å²) in [6.07, 6.45) is 0. The van der Waals surface area contributed by atoms with E-state index in [1.807, 2.05) is 20.8 Å². The van der Waals surface area contributed by atoms with Crippen LogP contribution in [0.4, 0.5) is 0 Å². The normalized spacial score (nSPS) is 14.5. The van der Waals surface area contributed by atoms with Crippen LogP contribution >= 0.6 is 0 Å². The molecule has 0 aliphatic carbocycles. The van der Waals surface area contributed by atoms with Gasteiger partial charge in [0.15, 0.2) is 0 Å². The molecule has 4 nitrogen and oxygen atoms in total. The summed E-state index contributed by atoms with van der Waals surface area (Å²) in [6, 6.07) is 1.66. The van der Waals surface area contributed by atoms with Crippen LogP contribution < -0.4 is 5.73 Å². The van der Waals surface area contributed by atoms with Gasteiger partial charge in [-0.2, -0.15) is 5.26 Å². The molecule has 0 saturated carbocycles. The molecule has 0 aliphatic heterocycles. The van der Waals surface area contributed by atoms with E-state index >= 15 is 0 Å². The minimum absolute atomic E-state index is 0.0606. The molecule has 0 saturated heterocycles. The van der Waals surface area contributed by atoms with E-state index in [0.717, 1.165) is 0 Å². The van der Waals surface area contributed by atoms with Crippen LogP contribution in [0, 0.1) is 23.2 Å². The average Bonchev–Trinajstić information content (AvgIpc) is 2.23. The Balaban J connectivity index is 4.42. The van der Waals surface area contributed by atoms with Crippen molar-refractivity contribution < 1.29 is 4.79 Å². The van der Waals surface area contributed by atoms with Crippen LogP contribution in [-0.4, -0.2) is 29.9 Å². The lowest BCUT2D eigenvalue weighted by Crippen LogP contribution is -2.47. The van der Waals surface area contributed by atoms with Gasteiger partial charge < -0.3 is 10.6 Å². The Morgan fingerprint density at radius 3 is 2.33 bits per heavy atom. The van der Waals surface area contributed by atoms with Crippen molar-refractivity contribution in [2.45, 2.75) is 33.7 Å². The van der Waals surface area contributed by atoms with Crippen LogP contribution in [0.2, 0.25) is 0 Å². The van der Waals surface area contributed by atoms with E-state index in [1.54, 1.807) is 11.8 Å². The fraction of sp³-hybridized carbons (Fsp3) is 0.818. The number of nitrogens with zero attached hydrogens (tertiary/aromatic N) is 2. The van der Waals surface area contributed by atoms with Gasteiger partial charge in [0, 0.05) is 13.1 Å². The summed E-state index contributed by atoms with van der Waals surface area (Å²) in [5, 5.41) is 8.69. The van der Waals surface area contributed by atoms with Crippen molar-refractivity contribution in [1.82, 2.24) is 4.90 Å². The van der Waals surface area contributed by atoms with Crippen LogP contribution in [-0.2, 0) is 4.79 Å². The van der Waals surface area contributed by atoms with Gasteiger partial charge in [-0.1, -0.05) is 13.8 Å². The first-order chi connectivity index (χ1) is 6.93. The Morgan fingerprint density at radius 1 is 1.47 bits per heavy atom. The number of rotatable bonds is 5. The summed E-state index contributed by atoms with van der Waals surface area (Å²) in [6.45, 7) is 8.61. The number of nitrogens with two attached hydrogens (primary N) is 1. The Morgan fingerprint density at radius 2 is 2.00 bits per heavy atom. The smallest absolute Gasteiger partial charge is 0.239 e. The van der Waals surface area contributed by atoms with Crippen molar-refractivity contribution in [3.8, 4) is 6.07 Å². The second-order valence-electron chi connectivity index (χ2n) is 4.18. The highest BCUT2D eigenvalue weighted by Gasteiger charge is 2.23. The molecule has 0 aromatic rings. The van der Waals surface area contributed by atoms with E-state index in [9.17, 15) is 4.79 Å². The van der Waals surface area contributed by atoms with Crippen molar-refractivity contribution in [2.24, 2.45) is 17.6 Å². The predicted octanol–water partition coefficient (Wildman–Crippen LogP) is 0.978. The van der Waals surface area contributed by atoms with Crippen molar-refractivity contribution in [3.63, 3.8) is 0 Å². The van der Waals surface area contributed by atoms with E-state index in [4.69, 9.17) is 11.0 Å². The summed E-state index contributed by atoms with van der Waals surface area (Å²) < 4.78 is 0. The number of hydrogen-bond acceptors (Lipinski definition) is 3. The third-order valence-electron chi connectivity index (χ3n) is 2.41. The second-order valence-corrected chi connectivity index (χ2v) is 4.18. The van der Waals surface area contributed by atoms with E-state index in [0.29, 0.717) is 13.1 Å². The lowest BCUT2D eigenvalue weighted by atomic mass is 10.0. The van der Waals surface area contributed by atoms with Crippen LogP contribution in [0.5, 0.6) is 0 Å². The number of hydrogen-bond donors (Lipinski definition) is 1. The van der Waals surface area contributed by atoms with E-state index in [1.165, 1.54) is 0 Å². The molecule has 2 atom stereocenters. The Hall–Kier alpha value is -1.08. The third kappa shape index (κ3) is 4.30. The topological polar surface area (TPSA) is 70.1 Å². The molecule has 0 radical (unpaired) electrons. The van der Waals surface area contributed by atoms with Crippen LogP contribution in [0.15, 0.2) is 0 Å². The number of carbonyl (C=O) groups excluding carboxylic acids is 1. The summed E-state index contributed by atoms with van der Waals surface area (Å²) >= 11 is 0. The summed E-state index contributed by atoms with van der Waals surface area (Å²) in [4.78, 5) is 13.5. The van der Waals surface area contributed by atoms with Gasteiger partial charge in [-0.05, 0) is 19.8 Å². The molecule has 1 amide bonds. The molecule has 0 aromatic carbocycles. The second kappa shape index (κ2) is 6.41. The zero-order chi connectivity index (χ0) is 12.0. The summed E-state index contributed by atoms with van der Waals surface area (Å²) in [5.74, 6) is -0.0770. The Labute approximate surface area is 92.0 Å². The maximum Gasteiger partial charge on any atom is 0.239 e. The van der Waals surface area contributed by atoms with Gasteiger partial charge in [-0.3, -0.25) is 4.79 Å². The molecule has 0 fully saturated rings. The quantitative estimate of drug-likeness (QED) is 0.737. The van der Waals surface area contributed by atoms with Crippen LogP contribution in [0.3, 0.4) is 0 Å². The third-order valence-corrected chi connectivity index (χ3v) is 2.41. The molecular formula is C11H21N3O. The van der Waals surface area contributed by atoms with Gasteiger partial charge in [0.1, 0.15) is 0 Å². The Bertz CT molecular complexity index is 245. The van der Waals surface area contributed by atoms with Gasteiger partial charge >= 0.3 is 0 Å². The molecule has 1 unspecified atom stereocenters. The van der Waals surface area contributed by atoms with Gasteiger partial charge in [0.2, 0.25) is 5.91 Å². The minimum atomic E-state index is -0.462. The van der Waals surface area contributed by atoms with Crippen molar-refractivity contribution >= 4 is 5.91 Å². The van der Waals surface area contributed by atoms with Gasteiger partial charge in [0.25, 0.3) is 0 Å². The lowest BCUT2D eigenvalue weighted by Gasteiger charge is -2.26. The number of likely N-dealkylation sites (N-methyl/N-ethyl adjacent to an activating group) is 1. The molecule has 0 spiro atoms. The van der Waals surface area contributed by atoms with E-state index < -0.39 is 6.04 Å². The van der Waals surface area contributed by atoms with Gasteiger partial charge in [-0.15, -0.1) is 0 Å². The molecular weight excluding hydrogens is 190 g/mol. The lowest BCUT2D eigenvalue weighted by molar-refractivity contribution is -0.133. The average molecular weight is 211 g/mol. The summed E-state index contributed by atoms with van der Waals surface area (Å²) in [7, 11) is 0. The maximum absolute atomic E-state index is 11.9. The van der Waals surface area contributed by atoms with E-state index in [-0.39, 0.29) is 17.7 Å². The highest BCUT2D eigenvalue weighted by Crippen LogP contribution is 2.06. The molecule has 0 rings (SSSR count). The van der Waals surface area contributed by atoms with Crippen molar-refractivity contribution in [2.75, 3.05) is 13.1 Å². The monoisotopic (exact) mass is 211 g/mol. The molecule has 2 N–H and O–H groups in total. The first kappa shape index (κ1) is 13.9. The van der Waals surface area contributed by atoms with E-state index in [2.05, 4.69) is 6.07 Å². The first-order valence-corrected chi connectivity index (χ1v) is 5.38. The molecule has 4 heteroatoms. The maximum atomic E-state index is 11.9. The fourth-order valence-electron chi connectivity index (χ4n) is 1.24. The first-order valence-electron chi connectivity index (χ1n) is 5.38. The summed E-state index contributed by atoms with van der Waals surface area (Å²) in [5.41, 5.74) is 5.78.